The van der Waals surface area contributed by atoms with E-state index in [1.807, 2.05) is 6.92 Å². The van der Waals surface area contributed by atoms with E-state index in [4.69, 9.17) is 0 Å². The minimum atomic E-state index is -0.575. The van der Waals surface area contributed by atoms with Gasteiger partial charge in [-0.2, -0.15) is 17.6 Å². The molecule has 1 aromatic rings. The van der Waals surface area contributed by atoms with Crippen LogP contribution in [0.25, 0.3) is 0 Å². The van der Waals surface area contributed by atoms with Crippen molar-refractivity contribution in [2.75, 3.05) is 5.75 Å². The molecule has 0 bridgehead atoms. The fourth-order valence-corrected chi connectivity index (χ4v) is 1.18. The van der Waals surface area contributed by atoms with Gasteiger partial charge in [0.25, 0.3) is 0 Å². The molecule has 1 unspecified atom stereocenters. The third kappa shape index (κ3) is 3.05. The second kappa shape index (κ2) is 4.92. The lowest BCUT2D eigenvalue weighted by Gasteiger charge is -2.09. The first kappa shape index (κ1) is 11.7. The summed E-state index contributed by atoms with van der Waals surface area (Å²) in [5.41, 5.74) is -0.657. The predicted molar refractivity (Wildman–Crippen MR) is 58.2 cm³/mol. The molecule has 0 saturated carbocycles. The summed E-state index contributed by atoms with van der Waals surface area (Å²) in [6, 6.07) is 0. The first-order valence-electron chi connectivity index (χ1n) is 4.36. The van der Waals surface area contributed by atoms with Gasteiger partial charge in [0.2, 0.25) is 0 Å². The summed E-state index contributed by atoms with van der Waals surface area (Å²) in [5, 5.41) is 10.5. The lowest BCUT2D eigenvalue weighted by molar-refractivity contribution is -0.385. The average molecular weight is 229 g/mol. The van der Waals surface area contributed by atoms with Crippen LogP contribution < -0.4 is 5.69 Å². The summed E-state index contributed by atoms with van der Waals surface area (Å²) >= 11 is 4.08. The van der Waals surface area contributed by atoms with Gasteiger partial charge in [-0.15, -0.1) is 0 Å². The minimum Gasteiger partial charge on any atom is -0.292 e. The SMILES string of the molecule is CC(CS)Cn1cc([N+](=O)[O-])cnc1=O. The Balaban J connectivity index is 3.00. The van der Waals surface area contributed by atoms with Crippen LogP contribution in [0.4, 0.5) is 5.69 Å². The highest BCUT2D eigenvalue weighted by Gasteiger charge is 2.10. The van der Waals surface area contributed by atoms with Crippen molar-refractivity contribution in [1.29, 1.82) is 0 Å². The second-order valence-electron chi connectivity index (χ2n) is 3.29. The average Bonchev–Trinajstić information content (AvgIpc) is 2.20. The maximum absolute atomic E-state index is 11.2. The van der Waals surface area contributed by atoms with Crippen molar-refractivity contribution in [2.45, 2.75) is 13.5 Å². The van der Waals surface area contributed by atoms with E-state index in [2.05, 4.69) is 17.6 Å². The van der Waals surface area contributed by atoms with Crippen molar-refractivity contribution in [3.05, 3.63) is 33.0 Å². The van der Waals surface area contributed by atoms with Crippen LogP contribution in [0.5, 0.6) is 0 Å². The van der Waals surface area contributed by atoms with Crippen LogP contribution in [-0.4, -0.2) is 20.2 Å². The number of thiol groups is 1. The third-order valence-corrected chi connectivity index (χ3v) is 2.50. The number of hydrogen-bond acceptors (Lipinski definition) is 5. The van der Waals surface area contributed by atoms with Crippen molar-refractivity contribution in [2.24, 2.45) is 5.92 Å². The van der Waals surface area contributed by atoms with E-state index in [0.717, 1.165) is 6.20 Å². The number of rotatable bonds is 4. The summed E-state index contributed by atoms with van der Waals surface area (Å²) in [5.74, 6) is 0.768. The smallest absolute Gasteiger partial charge is 0.292 e. The Labute approximate surface area is 91.5 Å². The van der Waals surface area contributed by atoms with Gasteiger partial charge in [0.05, 0.1) is 11.1 Å². The van der Waals surface area contributed by atoms with Gasteiger partial charge in [-0.25, -0.2) is 4.79 Å². The Hall–Kier alpha value is -1.37. The van der Waals surface area contributed by atoms with Gasteiger partial charge in [0, 0.05) is 6.54 Å². The molecule has 0 saturated heterocycles. The molecule has 1 aromatic heterocycles. The van der Waals surface area contributed by atoms with Crippen molar-refractivity contribution < 1.29 is 4.92 Å². The largest absolute Gasteiger partial charge is 0.347 e. The van der Waals surface area contributed by atoms with Crippen molar-refractivity contribution >= 4 is 18.3 Å². The molecule has 1 atom stereocenters. The zero-order valence-corrected chi connectivity index (χ0v) is 9.05. The highest BCUT2D eigenvalue weighted by Crippen LogP contribution is 2.07. The van der Waals surface area contributed by atoms with Crippen LogP contribution in [0.1, 0.15) is 6.92 Å². The lowest BCUT2D eigenvalue weighted by Crippen LogP contribution is -2.25. The van der Waals surface area contributed by atoms with Gasteiger partial charge in [-0.3, -0.25) is 14.7 Å². The van der Waals surface area contributed by atoms with Crippen LogP contribution in [0.3, 0.4) is 0 Å². The summed E-state index contributed by atoms with van der Waals surface area (Å²) in [4.78, 5) is 24.6. The Morgan fingerprint density at radius 2 is 2.40 bits per heavy atom. The molecule has 0 fully saturated rings. The topological polar surface area (TPSA) is 78.0 Å². The van der Waals surface area contributed by atoms with Gasteiger partial charge in [-0.1, -0.05) is 6.92 Å². The van der Waals surface area contributed by atoms with Crippen LogP contribution in [-0.2, 0) is 6.54 Å². The molecule has 0 spiro atoms. The van der Waals surface area contributed by atoms with Crippen LogP contribution in [0.15, 0.2) is 17.2 Å². The fourth-order valence-electron chi connectivity index (χ4n) is 1.06. The van der Waals surface area contributed by atoms with Gasteiger partial charge in [0.15, 0.2) is 0 Å². The highest BCUT2D eigenvalue weighted by atomic mass is 32.1. The Morgan fingerprint density at radius 3 is 2.93 bits per heavy atom. The van der Waals surface area contributed by atoms with Crippen LogP contribution in [0, 0.1) is 16.0 Å². The molecule has 0 radical (unpaired) electrons. The summed E-state index contributed by atoms with van der Waals surface area (Å²) in [6.45, 7) is 2.29. The standard InChI is InChI=1S/C8H11N3O3S/c1-6(5-15)3-10-4-7(11(13)14)2-9-8(10)12/h2,4,6,15H,3,5H2,1H3. The minimum absolute atomic E-state index is 0.162. The van der Waals surface area contributed by atoms with Gasteiger partial charge >= 0.3 is 11.4 Å². The summed E-state index contributed by atoms with van der Waals surface area (Å²) in [6.07, 6.45) is 2.17. The molecular formula is C8H11N3O3S. The monoisotopic (exact) mass is 229 g/mol. The molecule has 1 heterocycles. The maximum atomic E-state index is 11.2. The normalized spacial score (nSPS) is 12.4. The molecule has 82 valence electrons. The molecular weight excluding hydrogens is 218 g/mol. The Bertz CT molecular complexity index is 418. The highest BCUT2D eigenvalue weighted by molar-refractivity contribution is 7.80. The second-order valence-corrected chi connectivity index (χ2v) is 3.66. The number of hydrogen-bond donors (Lipinski definition) is 1. The number of nitrogens with zero attached hydrogens (tertiary/aromatic N) is 3. The zero-order valence-electron chi connectivity index (χ0n) is 8.16. The van der Waals surface area contributed by atoms with Crippen molar-refractivity contribution in [3.8, 4) is 0 Å². The number of nitro groups is 1. The van der Waals surface area contributed by atoms with E-state index in [9.17, 15) is 14.9 Å². The molecule has 15 heavy (non-hydrogen) atoms. The molecule has 0 aromatic carbocycles. The number of aromatic nitrogens is 2. The van der Waals surface area contributed by atoms with Crippen LogP contribution >= 0.6 is 12.6 Å². The van der Waals surface area contributed by atoms with Crippen molar-refractivity contribution in [1.82, 2.24) is 9.55 Å². The maximum Gasteiger partial charge on any atom is 0.347 e. The Kier molecular flexibility index (Phi) is 3.84. The van der Waals surface area contributed by atoms with E-state index in [-0.39, 0.29) is 11.6 Å². The molecule has 0 aliphatic carbocycles. The predicted octanol–water partition coefficient (Wildman–Crippen LogP) is 0.717. The first-order valence-corrected chi connectivity index (χ1v) is 4.99. The van der Waals surface area contributed by atoms with Gasteiger partial charge in [-0.05, 0) is 11.7 Å². The molecule has 1 rings (SSSR count). The van der Waals surface area contributed by atoms with Gasteiger partial charge in [0.1, 0.15) is 6.20 Å². The van der Waals surface area contributed by atoms with Gasteiger partial charge < -0.3 is 0 Å². The molecule has 0 N–H and O–H groups in total. The zero-order chi connectivity index (χ0) is 11.4. The lowest BCUT2D eigenvalue weighted by atomic mass is 10.2. The quantitative estimate of drug-likeness (QED) is 0.468. The molecule has 0 aliphatic rings. The summed E-state index contributed by atoms with van der Waals surface area (Å²) in [7, 11) is 0. The van der Waals surface area contributed by atoms with Crippen LogP contribution in [0.2, 0.25) is 0 Å². The summed E-state index contributed by atoms with van der Waals surface area (Å²) < 4.78 is 1.24. The van der Waals surface area contributed by atoms with E-state index < -0.39 is 10.6 Å². The fraction of sp³-hybridized carbons (Fsp3) is 0.500. The Morgan fingerprint density at radius 1 is 1.73 bits per heavy atom. The van der Waals surface area contributed by atoms with E-state index in [0.29, 0.717) is 12.3 Å². The molecule has 0 aliphatic heterocycles. The molecule has 0 amide bonds. The third-order valence-electron chi connectivity index (χ3n) is 1.87. The molecule has 6 nitrogen and oxygen atoms in total. The van der Waals surface area contributed by atoms with E-state index >= 15 is 0 Å². The first-order chi connectivity index (χ1) is 7.04. The van der Waals surface area contributed by atoms with E-state index in [1.165, 1.54) is 10.8 Å². The van der Waals surface area contributed by atoms with E-state index in [1.54, 1.807) is 0 Å². The van der Waals surface area contributed by atoms with Crippen molar-refractivity contribution in [3.63, 3.8) is 0 Å². The molecule has 7 heteroatoms.